The quantitative estimate of drug-likeness (QED) is 0.833. The van der Waals surface area contributed by atoms with Crippen molar-refractivity contribution in [2.24, 2.45) is 5.73 Å². The van der Waals surface area contributed by atoms with E-state index in [1.807, 2.05) is 0 Å². The van der Waals surface area contributed by atoms with Gasteiger partial charge in [-0.3, -0.25) is 10.1 Å². The van der Waals surface area contributed by atoms with Crippen molar-refractivity contribution in [3.05, 3.63) is 22.4 Å². The van der Waals surface area contributed by atoms with Gasteiger partial charge in [0.25, 0.3) is 0 Å². The number of nitrogens with one attached hydrogen (secondary N) is 1. The molecule has 15 heavy (non-hydrogen) atoms. The number of nitrogens with two attached hydrogens (primary N) is 1. The van der Waals surface area contributed by atoms with Gasteiger partial charge in [-0.25, -0.2) is 0 Å². The Labute approximate surface area is 88.1 Å². The summed E-state index contributed by atoms with van der Waals surface area (Å²) in [4.78, 5) is 11.4. The molecule has 0 spiro atoms. The van der Waals surface area contributed by atoms with E-state index in [0.29, 0.717) is 4.88 Å². The Morgan fingerprint density at radius 3 is 2.67 bits per heavy atom. The van der Waals surface area contributed by atoms with E-state index >= 15 is 0 Å². The van der Waals surface area contributed by atoms with Crippen molar-refractivity contribution in [2.45, 2.75) is 12.2 Å². The van der Waals surface area contributed by atoms with Crippen molar-refractivity contribution in [3.63, 3.8) is 0 Å². The van der Waals surface area contributed by atoms with Crippen molar-refractivity contribution >= 4 is 17.2 Å². The molecule has 1 aromatic rings. The van der Waals surface area contributed by atoms with Gasteiger partial charge in [0, 0.05) is 4.88 Å². The van der Waals surface area contributed by atoms with Crippen LogP contribution >= 0.6 is 11.3 Å². The average Bonchev–Trinajstić information content (AvgIpc) is 2.54. The second kappa shape index (κ2) is 4.63. The molecule has 1 atom stereocenters. The van der Waals surface area contributed by atoms with E-state index in [4.69, 9.17) is 5.73 Å². The number of hydrogen-bond donors (Lipinski definition) is 2. The molecule has 0 saturated carbocycles. The van der Waals surface area contributed by atoms with Gasteiger partial charge in [0.1, 0.15) is 6.04 Å². The van der Waals surface area contributed by atoms with Crippen LogP contribution < -0.4 is 11.1 Å². The van der Waals surface area contributed by atoms with Crippen molar-refractivity contribution in [3.8, 4) is 0 Å². The highest BCUT2D eigenvalue weighted by Crippen LogP contribution is 2.20. The highest BCUT2D eigenvalue weighted by atomic mass is 32.1. The molecule has 84 valence electrons. The van der Waals surface area contributed by atoms with Gasteiger partial charge in [-0.1, -0.05) is 6.07 Å². The third-order valence-electron chi connectivity index (χ3n) is 1.62. The van der Waals surface area contributed by atoms with E-state index in [1.165, 1.54) is 11.3 Å². The molecular formula is C8H9F3N2OS. The van der Waals surface area contributed by atoms with Crippen molar-refractivity contribution in [1.29, 1.82) is 0 Å². The Kier molecular flexibility index (Phi) is 3.70. The summed E-state index contributed by atoms with van der Waals surface area (Å²) in [7, 11) is 0. The highest BCUT2D eigenvalue weighted by Gasteiger charge is 2.30. The maximum absolute atomic E-state index is 11.9. The largest absolute Gasteiger partial charge is 0.401 e. The standard InChI is InChI=1S/C8H9F3N2OS/c9-8(10,11)4-13-6(7(12)14)5-2-1-3-15-5/h1-3,6,13H,4H2,(H2,12,14). The molecule has 3 nitrogen and oxygen atoms in total. The third-order valence-corrected chi connectivity index (χ3v) is 2.56. The minimum Gasteiger partial charge on any atom is -0.368 e. The van der Waals surface area contributed by atoms with E-state index in [1.54, 1.807) is 17.5 Å². The normalized spacial score (nSPS) is 13.8. The van der Waals surface area contributed by atoms with E-state index < -0.39 is 24.7 Å². The fourth-order valence-electron chi connectivity index (χ4n) is 1.01. The molecular weight excluding hydrogens is 229 g/mol. The Hall–Kier alpha value is -1.08. The highest BCUT2D eigenvalue weighted by molar-refractivity contribution is 7.10. The summed E-state index contributed by atoms with van der Waals surface area (Å²) in [5.41, 5.74) is 5.00. The molecule has 1 unspecified atom stereocenters. The molecule has 0 aromatic carbocycles. The minimum atomic E-state index is -4.36. The molecule has 1 heterocycles. The second-order valence-electron chi connectivity index (χ2n) is 2.85. The van der Waals surface area contributed by atoms with Crippen molar-refractivity contribution in [2.75, 3.05) is 6.54 Å². The zero-order chi connectivity index (χ0) is 11.5. The lowest BCUT2D eigenvalue weighted by molar-refractivity contribution is -0.130. The molecule has 1 aromatic heterocycles. The molecule has 0 aliphatic heterocycles. The number of halogens is 3. The number of amides is 1. The first-order valence-electron chi connectivity index (χ1n) is 4.03. The summed E-state index contributed by atoms with van der Waals surface area (Å²) < 4.78 is 35.7. The van der Waals surface area contributed by atoms with Gasteiger partial charge < -0.3 is 5.73 Å². The number of carbonyl (C=O) groups is 1. The fourth-order valence-corrected chi connectivity index (χ4v) is 1.82. The minimum absolute atomic E-state index is 0.478. The molecule has 1 amide bonds. The predicted molar refractivity (Wildman–Crippen MR) is 50.3 cm³/mol. The van der Waals surface area contributed by atoms with Crippen LogP contribution in [-0.2, 0) is 4.79 Å². The lowest BCUT2D eigenvalue weighted by Gasteiger charge is -2.15. The molecule has 0 fully saturated rings. The summed E-state index contributed by atoms with van der Waals surface area (Å²) in [5, 5.41) is 3.74. The Balaban J connectivity index is 2.65. The first-order valence-corrected chi connectivity index (χ1v) is 4.91. The molecule has 0 saturated heterocycles. The van der Waals surface area contributed by atoms with Crippen LogP contribution in [-0.4, -0.2) is 18.6 Å². The van der Waals surface area contributed by atoms with Crippen LogP contribution in [0.5, 0.6) is 0 Å². The molecule has 7 heteroatoms. The lowest BCUT2D eigenvalue weighted by atomic mass is 10.2. The SMILES string of the molecule is NC(=O)C(NCC(F)(F)F)c1cccs1. The summed E-state index contributed by atoms with van der Waals surface area (Å²) >= 11 is 1.18. The average molecular weight is 238 g/mol. The smallest absolute Gasteiger partial charge is 0.368 e. The topological polar surface area (TPSA) is 55.1 Å². The van der Waals surface area contributed by atoms with E-state index in [0.717, 1.165) is 0 Å². The van der Waals surface area contributed by atoms with E-state index in [-0.39, 0.29) is 0 Å². The number of hydrogen-bond acceptors (Lipinski definition) is 3. The monoisotopic (exact) mass is 238 g/mol. The van der Waals surface area contributed by atoms with Gasteiger partial charge in [0.05, 0.1) is 6.54 Å². The summed E-state index contributed by atoms with van der Waals surface area (Å²) in [6.45, 7) is -1.24. The number of alkyl halides is 3. The maximum Gasteiger partial charge on any atom is 0.401 e. The maximum atomic E-state index is 11.9. The molecule has 0 radical (unpaired) electrons. The third kappa shape index (κ3) is 3.88. The van der Waals surface area contributed by atoms with E-state index in [9.17, 15) is 18.0 Å². The first kappa shape index (κ1) is 12.0. The van der Waals surface area contributed by atoms with Gasteiger partial charge in [0.15, 0.2) is 0 Å². The molecule has 0 aliphatic carbocycles. The number of primary amides is 1. The molecule has 1 rings (SSSR count). The van der Waals surface area contributed by atoms with Gasteiger partial charge in [-0.2, -0.15) is 13.2 Å². The summed E-state index contributed by atoms with van der Waals surface area (Å²) in [6, 6.07) is 2.13. The molecule has 0 aliphatic rings. The summed E-state index contributed by atoms with van der Waals surface area (Å²) in [5.74, 6) is -0.818. The zero-order valence-electron chi connectivity index (χ0n) is 7.54. The van der Waals surface area contributed by atoms with Crippen LogP contribution in [0, 0.1) is 0 Å². The number of carbonyl (C=O) groups excluding carboxylic acids is 1. The lowest BCUT2D eigenvalue weighted by Crippen LogP contribution is -2.38. The first-order chi connectivity index (χ1) is 6.90. The zero-order valence-corrected chi connectivity index (χ0v) is 8.36. The van der Waals surface area contributed by atoms with Crippen LogP contribution in [0.25, 0.3) is 0 Å². The van der Waals surface area contributed by atoms with Crippen molar-refractivity contribution < 1.29 is 18.0 Å². The Bertz CT molecular complexity index is 323. The number of rotatable bonds is 4. The van der Waals surface area contributed by atoms with Crippen LogP contribution in [0.1, 0.15) is 10.9 Å². The van der Waals surface area contributed by atoms with Gasteiger partial charge >= 0.3 is 6.18 Å². The van der Waals surface area contributed by atoms with Crippen LogP contribution in [0.3, 0.4) is 0 Å². The van der Waals surface area contributed by atoms with Crippen molar-refractivity contribution in [1.82, 2.24) is 5.32 Å². The second-order valence-corrected chi connectivity index (χ2v) is 3.83. The predicted octanol–water partition coefficient (Wildman–Crippen LogP) is 1.43. The van der Waals surface area contributed by atoms with E-state index in [2.05, 4.69) is 5.32 Å². The Morgan fingerprint density at radius 2 is 2.27 bits per heavy atom. The molecule has 3 N–H and O–H groups in total. The molecule has 0 bridgehead atoms. The van der Waals surface area contributed by atoms with Crippen LogP contribution in [0.4, 0.5) is 13.2 Å². The van der Waals surface area contributed by atoms with Gasteiger partial charge in [-0.05, 0) is 11.4 Å². The van der Waals surface area contributed by atoms with Crippen LogP contribution in [0.2, 0.25) is 0 Å². The Morgan fingerprint density at radius 1 is 1.60 bits per heavy atom. The van der Waals surface area contributed by atoms with Gasteiger partial charge in [-0.15, -0.1) is 11.3 Å². The fraction of sp³-hybridized carbons (Fsp3) is 0.375. The van der Waals surface area contributed by atoms with Crippen LogP contribution in [0.15, 0.2) is 17.5 Å². The number of thiophene rings is 1. The summed E-state index contributed by atoms with van der Waals surface area (Å²) in [6.07, 6.45) is -4.36. The van der Waals surface area contributed by atoms with Gasteiger partial charge in [0.2, 0.25) is 5.91 Å².